The van der Waals surface area contributed by atoms with Gasteiger partial charge in [0, 0.05) is 49.7 Å². The van der Waals surface area contributed by atoms with Gasteiger partial charge >= 0.3 is 6.18 Å². The third-order valence-electron chi connectivity index (χ3n) is 5.81. The Balaban J connectivity index is 1.53. The summed E-state index contributed by atoms with van der Waals surface area (Å²) in [6.45, 7) is 3.68. The number of amides is 1. The van der Waals surface area contributed by atoms with Gasteiger partial charge in [0.1, 0.15) is 6.04 Å². The van der Waals surface area contributed by atoms with Crippen LogP contribution in [0.4, 0.5) is 18.3 Å². The molecule has 3 heterocycles. The second kappa shape index (κ2) is 7.09. The number of nitrogens with zero attached hydrogens (tertiary/aromatic N) is 3. The fourth-order valence-corrected chi connectivity index (χ4v) is 5.55. The van der Waals surface area contributed by atoms with Crippen LogP contribution in [0.2, 0.25) is 0 Å². The number of hydrogen-bond acceptors (Lipinski definition) is 5. The van der Waals surface area contributed by atoms with Crippen LogP contribution in [0.15, 0.2) is 6.20 Å². The maximum Gasteiger partial charge on any atom is 0.392 e. The summed E-state index contributed by atoms with van der Waals surface area (Å²) in [5.74, 6) is -1.82. The van der Waals surface area contributed by atoms with Crippen LogP contribution in [0, 0.1) is 5.92 Å². The molecule has 1 aromatic rings. The van der Waals surface area contributed by atoms with Crippen LogP contribution in [-0.2, 0) is 4.79 Å². The Kier molecular flexibility index (Phi) is 4.96. The average molecular weight is 388 g/mol. The largest absolute Gasteiger partial charge is 0.392 e. The predicted molar refractivity (Wildman–Crippen MR) is 93.5 cm³/mol. The summed E-state index contributed by atoms with van der Waals surface area (Å²) < 4.78 is 40.2. The summed E-state index contributed by atoms with van der Waals surface area (Å²) in [5.41, 5.74) is 0. The molecule has 4 rings (SSSR count). The molecule has 9 heteroatoms. The zero-order valence-corrected chi connectivity index (χ0v) is 15.3. The Bertz CT molecular complexity index is 665. The van der Waals surface area contributed by atoms with Crippen molar-refractivity contribution < 1.29 is 18.0 Å². The summed E-state index contributed by atoms with van der Waals surface area (Å²) >= 11 is 1.26. The Morgan fingerprint density at radius 2 is 2.00 bits per heavy atom. The van der Waals surface area contributed by atoms with Crippen molar-refractivity contribution in [1.29, 1.82) is 0 Å². The average Bonchev–Trinajstić information content (AvgIpc) is 3.11. The highest BCUT2D eigenvalue weighted by Crippen LogP contribution is 2.48. The van der Waals surface area contributed by atoms with Gasteiger partial charge in [-0.1, -0.05) is 12.8 Å². The highest BCUT2D eigenvalue weighted by Gasteiger charge is 2.47. The summed E-state index contributed by atoms with van der Waals surface area (Å²) in [4.78, 5) is 21.6. The zero-order valence-electron chi connectivity index (χ0n) is 14.5. The number of nitrogens with one attached hydrogen (secondary N) is 1. The molecule has 2 saturated heterocycles. The molecule has 5 nitrogen and oxygen atoms in total. The van der Waals surface area contributed by atoms with Crippen molar-refractivity contribution in [1.82, 2.24) is 15.2 Å². The quantitative estimate of drug-likeness (QED) is 0.846. The number of halogens is 3. The Labute approximate surface area is 154 Å². The molecule has 3 aliphatic rings. The minimum Gasteiger partial charge on any atom is -0.313 e. The molecule has 1 aromatic heterocycles. The van der Waals surface area contributed by atoms with E-state index in [1.807, 2.05) is 0 Å². The molecular weight excluding hydrogens is 365 g/mol. The molecule has 144 valence electrons. The fourth-order valence-electron chi connectivity index (χ4n) is 4.40. The number of rotatable bonds is 2. The lowest BCUT2D eigenvalue weighted by atomic mass is 9.78. The molecule has 0 spiro atoms. The van der Waals surface area contributed by atoms with Gasteiger partial charge < -0.3 is 5.32 Å². The number of thiazole rings is 1. The SMILES string of the molecule is O=C1[C@H]2CNCCN2CCN1c1ncc([C@@H]2CCCC[C@H]2C(F)(F)F)s1. The summed E-state index contributed by atoms with van der Waals surface area (Å²) in [7, 11) is 0. The van der Waals surface area contributed by atoms with Gasteiger partial charge in [-0.05, 0) is 12.8 Å². The van der Waals surface area contributed by atoms with Gasteiger partial charge in [-0.25, -0.2) is 4.98 Å². The number of aromatic nitrogens is 1. The highest BCUT2D eigenvalue weighted by molar-refractivity contribution is 7.15. The number of carbonyl (C=O) groups excluding carboxylic acids is 1. The highest BCUT2D eigenvalue weighted by atomic mass is 32.1. The second-order valence-corrected chi connectivity index (χ2v) is 8.37. The first kappa shape index (κ1) is 18.2. The molecular formula is C17H23F3N4OS. The maximum atomic E-state index is 13.4. The van der Waals surface area contributed by atoms with E-state index < -0.39 is 18.0 Å². The number of hydrogen-bond donors (Lipinski definition) is 1. The minimum absolute atomic E-state index is 0.000338. The van der Waals surface area contributed by atoms with E-state index in [2.05, 4.69) is 15.2 Å². The molecule has 26 heavy (non-hydrogen) atoms. The van der Waals surface area contributed by atoms with Crippen molar-refractivity contribution in [3.63, 3.8) is 0 Å². The lowest BCUT2D eigenvalue weighted by Gasteiger charge is -2.42. The maximum absolute atomic E-state index is 13.4. The topological polar surface area (TPSA) is 48.5 Å². The summed E-state index contributed by atoms with van der Waals surface area (Å²) in [6, 6.07) is -0.192. The zero-order chi connectivity index (χ0) is 18.3. The molecule has 3 atom stereocenters. The van der Waals surface area contributed by atoms with E-state index in [0.29, 0.717) is 35.9 Å². The van der Waals surface area contributed by atoms with Crippen LogP contribution in [0.25, 0.3) is 0 Å². The lowest BCUT2D eigenvalue weighted by molar-refractivity contribution is -0.187. The van der Waals surface area contributed by atoms with E-state index in [1.54, 1.807) is 11.1 Å². The van der Waals surface area contributed by atoms with Gasteiger partial charge in [0.05, 0.1) is 5.92 Å². The van der Waals surface area contributed by atoms with Crippen molar-refractivity contribution in [3.8, 4) is 0 Å². The van der Waals surface area contributed by atoms with Crippen LogP contribution in [-0.4, -0.2) is 60.7 Å². The van der Waals surface area contributed by atoms with E-state index in [-0.39, 0.29) is 18.4 Å². The van der Waals surface area contributed by atoms with Gasteiger partial charge in [0.25, 0.3) is 0 Å². The number of alkyl halides is 3. The van der Waals surface area contributed by atoms with Crippen molar-refractivity contribution in [3.05, 3.63) is 11.1 Å². The first-order chi connectivity index (χ1) is 12.4. The van der Waals surface area contributed by atoms with Gasteiger partial charge in [0.2, 0.25) is 5.91 Å². The minimum atomic E-state index is -4.18. The van der Waals surface area contributed by atoms with Crippen molar-refractivity contribution >= 4 is 22.4 Å². The van der Waals surface area contributed by atoms with E-state index in [9.17, 15) is 18.0 Å². The Morgan fingerprint density at radius 3 is 2.81 bits per heavy atom. The van der Waals surface area contributed by atoms with Gasteiger partial charge in [-0.3, -0.25) is 14.6 Å². The molecule has 1 aliphatic carbocycles. The fraction of sp³-hybridized carbons (Fsp3) is 0.765. The van der Waals surface area contributed by atoms with E-state index in [0.717, 1.165) is 26.1 Å². The summed E-state index contributed by atoms with van der Waals surface area (Å²) in [6.07, 6.45) is -0.442. The molecule has 0 bridgehead atoms. The second-order valence-electron chi connectivity index (χ2n) is 7.33. The number of anilines is 1. The monoisotopic (exact) mass is 388 g/mol. The molecule has 2 aliphatic heterocycles. The van der Waals surface area contributed by atoms with Crippen LogP contribution in [0.1, 0.15) is 36.5 Å². The van der Waals surface area contributed by atoms with E-state index in [1.165, 1.54) is 11.3 Å². The molecule has 1 N–H and O–H groups in total. The number of carbonyl (C=O) groups is 1. The van der Waals surface area contributed by atoms with Crippen LogP contribution >= 0.6 is 11.3 Å². The molecule has 1 amide bonds. The summed E-state index contributed by atoms with van der Waals surface area (Å²) in [5, 5.41) is 3.78. The lowest BCUT2D eigenvalue weighted by Crippen LogP contribution is -2.64. The number of fused-ring (bicyclic) bond motifs is 1. The van der Waals surface area contributed by atoms with Gasteiger partial charge in [0.15, 0.2) is 5.13 Å². The third kappa shape index (κ3) is 3.36. The molecule has 0 radical (unpaired) electrons. The predicted octanol–water partition coefficient (Wildman–Crippen LogP) is 2.60. The first-order valence-electron chi connectivity index (χ1n) is 9.24. The molecule has 0 unspecified atom stereocenters. The molecule has 1 saturated carbocycles. The van der Waals surface area contributed by atoms with Crippen molar-refractivity contribution in [2.24, 2.45) is 5.92 Å². The van der Waals surface area contributed by atoms with Crippen LogP contribution in [0.3, 0.4) is 0 Å². The van der Waals surface area contributed by atoms with Crippen LogP contribution in [0.5, 0.6) is 0 Å². The number of piperazine rings is 2. The molecule has 3 fully saturated rings. The normalized spacial score (nSPS) is 31.1. The third-order valence-corrected chi connectivity index (χ3v) is 6.96. The van der Waals surface area contributed by atoms with Crippen molar-refractivity contribution in [2.75, 3.05) is 37.6 Å². The van der Waals surface area contributed by atoms with E-state index >= 15 is 0 Å². The standard InChI is InChI=1S/C17H23F3N4OS/c18-17(19,20)12-4-2-1-3-11(12)14-10-22-16(26-14)24-8-7-23-6-5-21-9-13(23)15(24)25/h10-13,21H,1-9H2/t11-,12-,13-/m1/s1. The van der Waals surface area contributed by atoms with Crippen molar-refractivity contribution in [2.45, 2.75) is 43.8 Å². The van der Waals surface area contributed by atoms with E-state index in [4.69, 9.17) is 0 Å². The van der Waals surface area contributed by atoms with Gasteiger partial charge in [-0.2, -0.15) is 13.2 Å². The smallest absolute Gasteiger partial charge is 0.313 e. The van der Waals surface area contributed by atoms with Crippen LogP contribution < -0.4 is 10.2 Å². The van der Waals surface area contributed by atoms with Gasteiger partial charge in [-0.15, -0.1) is 11.3 Å². The first-order valence-corrected chi connectivity index (χ1v) is 10.1. The molecule has 0 aromatic carbocycles. The Morgan fingerprint density at radius 1 is 1.19 bits per heavy atom. The Hall–Kier alpha value is -1.19.